The van der Waals surface area contributed by atoms with Gasteiger partial charge in [0.2, 0.25) is 0 Å². The molecule has 0 bridgehead atoms. The van der Waals surface area contributed by atoms with Gasteiger partial charge in [-0.3, -0.25) is 4.99 Å². The molecule has 134 valence electrons. The summed E-state index contributed by atoms with van der Waals surface area (Å²) in [7, 11) is 1.81. The van der Waals surface area contributed by atoms with E-state index in [1.54, 1.807) is 0 Å². The second-order valence-corrected chi connectivity index (χ2v) is 6.41. The van der Waals surface area contributed by atoms with Gasteiger partial charge in [0.15, 0.2) is 5.96 Å². The zero-order chi connectivity index (χ0) is 16.5. The predicted octanol–water partition coefficient (Wildman–Crippen LogP) is 3.27. The summed E-state index contributed by atoms with van der Waals surface area (Å²) in [5.74, 6) is 3.14. The number of hydrogen-bond acceptors (Lipinski definition) is 3. The molecule has 0 amide bonds. The SMILES string of the molecule is CN=C(NCCCCSC)NCCn1c(C)nc2ccccc21.I. The summed E-state index contributed by atoms with van der Waals surface area (Å²) >= 11 is 1.90. The number of fused-ring (bicyclic) bond motifs is 1. The minimum atomic E-state index is 0. The molecule has 0 spiro atoms. The highest BCUT2D eigenvalue weighted by molar-refractivity contribution is 14.0. The van der Waals surface area contributed by atoms with Gasteiger partial charge in [0.1, 0.15) is 5.82 Å². The molecule has 2 aromatic rings. The molecule has 24 heavy (non-hydrogen) atoms. The van der Waals surface area contributed by atoms with E-state index in [0.29, 0.717) is 0 Å². The molecule has 0 aliphatic heterocycles. The maximum atomic E-state index is 4.60. The molecule has 0 aliphatic rings. The van der Waals surface area contributed by atoms with Crippen molar-refractivity contribution < 1.29 is 0 Å². The number of thioether (sulfide) groups is 1. The highest BCUT2D eigenvalue weighted by Gasteiger charge is 2.06. The molecular weight excluding hydrogens is 433 g/mol. The topological polar surface area (TPSA) is 54.2 Å². The van der Waals surface area contributed by atoms with Crippen molar-refractivity contribution >= 4 is 52.7 Å². The van der Waals surface area contributed by atoms with Gasteiger partial charge in [0, 0.05) is 26.7 Å². The third-order valence-corrected chi connectivity index (χ3v) is 4.46. The van der Waals surface area contributed by atoms with Crippen LogP contribution in [-0.4, -0.2) is 47.7 Å². The largest absolute Gasteiger partial charge is 0.356 e. The summed E-state index contributed by atoms with van der Waals surface area (Å²) in [6.07, 6.45) is 4.56. The standard InChI is InChI=1S/C17H27N5S.HI/c1-14-21-15-8-4-5-9-16(15)22(14)12-11-20-17(18-2)19-10-6-7-13-23-3;/h4-5,8-9H,6-7,10-13H2,1-3H3,(H2,18,19,20);1H. The zero-order valence-electron chi connectivity index (χ0n) is 14.7. The molecular formula is C17H28IN5S. The number of unbranched alkanes of at least 4 members (excludes halogenated alkanes) is 1. The van der Waals surface area contributed by atoms with E-state index in [1.165, 1.54) is 24.1 Å². The van der Waals surface area contributed by atoms with Crippen molar-refractivity contribution in [3.8, 4) is 0 Å². The van der Waals surface area contributed by atoms with Crippen LogP contribution in [0.25, 0.3) is 11.0 Å². The number of imidazole rings is 1. The van der Waals surface area contributed by atoms with E-state index in [1.807, 2.05) is 24.9 Å². The number of aromatic nitrogens is 2. The first-order chi connectivity index (χ1) is 11.3. The van der Waals surface area contributed by atoms with Gasteiger partial charge < -0.3 is 15.2 Å². The van der Waals surface area contributed by atoms with E-state index in [4.69, 9.17) is 0 Å². The van der Waals surface area contributed by atoms with Gasteiger partial charge in [-0.15, -0.1) is 24.0 Å². The van der Waals surface area contributed by atoms with Crippen LogP contribution < -0.4 is 10.6 Å². The number of hydrogen-bond donors (Lipinski definition) is 2. The molecule has 0 saturated heterocycles. The number of nitrogens with one attached hydrogen (secondary N) is 2. The van der Waals surface area contributed by atoms with Crippen LogP contribution in [0.5, 0.6) is 0 Å². The number of rotatable bonds is 8. The Morgan fingerprint density at radius 3 is 2.71 bits per heavy atom. The number of para-hydroxylation sites is 2. The molecule has 0 saturated carbocycles. The molecule has 0 fully saturated rings. The zero-order valence-corrected chi connectivity index (χ0v) is 17.9. The van der Waals surface area contributed by atoms with E-state index >= 15 is 0 Å². The Hall–Kier alpha value is -0.960. The Bertz CT molecular complexity index is 641. The smallest absolute Gasteiger partial charge is 0.191 e. The Balaban J connectivity index is 0.00000288. The molecule has 7 heteroatoms. The minimum Gasteiger partial charge on any atom is -0.356 e. The van der Waals surface area contributed by atoms with E-state index in [-0.39, 0.29) is 24.0 Å². The van der Waals surface area contributed by atoms with E-state index in [2.05, 4.69) is 56.6 Å². The Morgan fingerprint density at radius 2 is 1.96 bits per heavy atom. The van der Waals surface area contributed by atoms with Gasteiger partial charge in [-0.05, 0) is 43.9 Å². The maximum absolute atomic E-state index is 4.60. The summed E-state index contributed by atoms with van der Waals surface area (Å²) in [6, 6.07) is 8.26. The Morgan fingerprint density at radius 1 is 1.21 bits per heavy atom. The fourth-order valence-corrected chi connectivity index (χ4v) is 3.06. The summed E-state index contributed by atoms with van der Waals surface area (Å²) in [4.78, 5) is 8.87. The lowest BCUT2D eigenvalue weighted by molar-refractivity contribution is 0.655. The fraction of sp³-hybridized carbons (Fsp3) is 0.529. The molecule has 0 unspecified atom stereocenters. The van der Waals surface area contributed by atoms with Crippen LogP contribution in [0, 0.1) is 6.92 Å². The summed E-state index contributed by atoms with van der Waals surface area (Å²) < 4.78 is 2.24. The predicted molar refractivity (Wildman–Crippen MR) is 117 cm³/mol. The molecule has 1 aromatic carbocycles. The van der Waals surface area contributed by atoms with Crippen LogP contribution in [0.2, 0.25) is 0 Å². The molecule has 2 rings (SSSR count). The second-order valence-electron chi connectivity index (χ2n) is 5.43. The second kappa shape index (κ2) is 11.6. The fourth-order valence-electron chi connectivity index (χ4n) is 2.56. The van der Waals surface area contributed by atoms with Crippen LogP contribution in [0.15, 0.2) is 29.3 Å². The van der Waals surface area contributed by atoms with E-state index < -0.39 is 0 Å². The van der Waals surface area contributed by atoms with Crippen LogP contribution in [-0.2, 0) is 6.54 Å². The number of halogens is 1. The van der Waals surface area contributed by atoms with Crippen molar-refractivity contribution in [1.82, 2.24) is 20.2 Å². The normalized spacial score (nSPS) is 11.4. The third kappa shape index (κ3) is 6.16. The lowest BCUT2D eigenvalue weighted by Gasteiger charge is -2.13. The minimum absolute atomic E-state index is 0. The van der Waals surface area contributed by atoms with Gasteiger partial charge in [0.25, 0.3) is 0 Å². The molecule has 0 radical (unpaired) electrons. The number of aliphatic imine (C=N–C) groups is 1. The van der Waals surface area contributed by atoms with Crippen LogP contribution in [0.1, 0.15) is 18.7 Å². The van der Waals surface area contributed by atoms with Gasteiger partial charge in [-0.2, -0.15) is 11.8 Å². The third-order valence-electron chi connectivity index (χ3n) is 3.76. The van der Waals surface area contributed by atoms with Crippen molar-refractivity contribution in [3.63, 3.8) is 0 Å². The maximum Gasteiger partial charge on any atom is 0.191 e. The van der Waals surface area contributed by atoms with Crippen molar-refractivity contribution in [1.29, 1.82) is 0 Å². The number of nitrogens with zero attached hydrogens (tertiary/aromatic N) is 3. The van der Waals surface area contributed by atoms with Gasteiger partial charge in [0.05, 0.1) is 11.0 Å². The van der Waals surface area contributed by atoms with E-state index in [9.17, 15) is 0 Å². The van der Waals surface area contributed by atoms with Gasteiger partial charge in [-0.1, -0.05) is 12.1 Å². The summed E-state index contributed by atoms with van der Waals surface area (Å²) in [5, 5.41) is 6.74. The molecule has 1 heterocycles. The number of aryl methyl sites for hydroxylation is 1. The Kier molecular flexibility index (Phi) is 10.2. The van der Waals surface area contributed by atoms with Gasteiger partial charge >= 0.3 is 0 Å². The molecule has 5 nitrogen and oxygen atoms in total. The first-order valence-corrected chi connectivity index (χ1v) is 9.51. The molecule has 2 N–H and O–H groups in total. The van der Waals surface area contributed by atoms with Crippen LogP contribution in [0.3, 0.4) is 0 Å². The molecule has 1 aromatic heterocycles. The molecule has 0 atom stereocenters. The van der Waals surface area contributed by atoms with Crippen LogP contribution >= 0.6 is 35.7 Å². The summed E-state index contributed by atoms with van der Waals surface area (Å²) in [5.41, 5.74) is 2.24. The van der Waals surface area contributed by atoms with Crippen molar-refractivity contribution in [2.24, 2.45) is 4.99 Å². The van der Waals surface area contributed by atoms with Crippen LogP contribution in [0.4, 0.5) is 0 Å². The highest BCUT2D eigenvalue weighted by Crippen LogP contribution is 2.14. The van der Waals surface area contributed by atoms with E-state index in [0.717, 1.165) is 36.9 Å². The first kappa shape index (κ1) is 21.1. The number of guanidine groups is 1. The average molecular weight is 461 g/mol. The van der Waals surface area contributed by atoms with Crippen molar-refractivity contribution in [2.75, 3.05) is 32.1 Å². The number of benzene rings is 1. The first-order valence-electron chi connectivity index (χ1n) is 8.11. The average Bonchev–Trinajstić information content (AvgIpc) is 2.88. The summed E-state index contributed by atoms with van der Waals surface area (Å²) in [6.45, 7) is 4.72. The lowest BCUT2D eigenvalue weighted by Crippen LogP contribution is -2.39. The lowest BCUT2D eigenvalue weighted by atomic mass is 10.3. The highest BCUT2D eigenvalue weighted by atomic mass is 127. The van der Waals surface area contributed by atoms with Gasteiger partial charge in [-0.25, -0.2) is 4.98 Å². The monoisotopic (exact) mass is 461 g/mol. The van der Waals surface area contributed by atoms with Crippen molar-refractivity contribution in [2.45, 2.75) is 26.3 Å². The quantitative estimate of drug-likeness (QED) is 0.274. The van der Waals surface area contributed by atoms with Crippen molar-refractivity contribution in [3.05, 3.63) is 30.1 Å². The Labute approximate surface area is 166 Å². The molecule has 0 aliphatic carbocycles.